The van der Waals surface area contributed by atoms with Gasteiger partial charge in [-0.2, -0.15) is 13.2 Å². The quantitative estimate of drug-likeness (QED) is 0.819. The molecule has 1 aromatic heterocycles. The number of aliphatic hydroxyl groups is 1. The monoisotopic (exact) mass is 394 g/mol. The molecule has 2 N–H and O–H groups in total. The van der Waals surface area contributed by atoms with Crippen LogP contribution in [0.3, 0.4) is 0 Å². The van der Waals surface area contributed by atoms with Gasteiger partial charge in [-0.15, -0.1) is 0 Å². The third-order valence-electron chi connectivity index (χ3n) is 5.71. The number of piperidine rings is 1. The number of nitrogens with one attached hydrogen (secondary N) is 1. The first-order valence-electron chi connectivity index (χ1n) is 9.15. The molecule has 2 aliphatic rings. The first-order valence-corrected chi connectivity index (χ1v) is 9.15. The number of carbonyl (C=O) groups is 1. The van der Waals surface area contributed by atoms with Gasteiger partial charge in [-0.1, -0.05) is 12.1 Å². The number of hydrogen-bond acceptors (Lipinski definition) is 3. The van der Waals surface area contributed by atoms with E-state index >= 15 is 0 Å². The average Bonchev–Trinajstić information content (AvgIpc) is 3.17. The highest BCUT2D eigenvalue weighted by molar-refractivity contribution is 5.91. The first-order chi connectivity index (χ1) is 13.2. The van der Waals surface area contributed by atoms with Crippen molar-refractivity contribution in [2.24, 2.45) is 7.05 Å². The third kappa shape index (κ3) is 3.13. The largest absolute Gasteiger partial charge is 0.418 e. The fraction of sp³-hybridized carbons (Fsp3) is 0.474. The van der Waals surface area contributed by atoms with E-state index in [1.807, 2.05) is 0 Å². The molecule has 2 fully saturated rings. The summed E-state index contributed by atoms with van der Waals surface area (Å²) in [5, 5.41) is 13.6. The van der Waals surface area contributed by atoms with E-state index in [1.54, 1.807) is 28.9 Å². The zero-order valence-electron chi connectivity index (χ0n) is 15.3. The lowest BCUT2D eigenvalue weighted by Gasteiger charge is -2.43. The summed E-state index contributed by atoms with van der Waals surface area (Å²) in [5.41, 5.74) is -2.29. The molecule has 4 rings (SSSR count). The van der Waals surface area contributed by atoms with Gasteiger partial charge in [0, 0.05) is 44.4 Å². The standard InChI is InChI=1S/C19H21F3N4O2/c1-25-9-8-23-16(25)18(28)10-12-6-7-13(11-18)26(12)17(27)24-15-5-3-2-4-14(15)19(20,21)22/h2-5,8-9,12-13,28H,6-7,10-11H2,1H3,(H,24,27). The van der Waals surface area contributed by atoms with E-state index < -0.39 is 23.4 Å². The average molecular weight is 394 g/mol. The molecular formula is C19H21F3N4O2. The van der Waals surface area contributed by atoms with Crippen molar-refractivity contribution in [3.63, 3.8) is 0 Å². The summed E-state index contributed by atoms with van der Waals surface area (Å²) in [7, 11) is 1.80. The van der Waals surface area contributed by atoms with Gasteiger partial charge in [0.2, 0.25) is 0 Å². The van der Waals surface area contributed by atoms with Gasteiger partial charge in [0.15, 0.2) is 0 Å². The second kappa shape index (κ2) is 6.51. The number of anilines is 1. The van der Waals surface area contributed by atoms with E-state index in [0.29, 0.717) is 31.5 Å². The summed E-state index contributed by atoms with van der Waals surface area (Å²) in [6.45, 7) is 0. The Hall–Kier alpha value is -2.55. The lowest BCUT2D eigenvalue weighted by Crippen LogP contribution is -2.53. The summed E-state index contributed by atoms with van der Waals surface area (Å²) in [6.07, 6.45) is 0.830. The number of hydrogen-bond donors (Lipinski definition) is 2. The number of para-hydroxylation sites is 1. The molecule has 2 bridgehead atoms. The molecule has 2 unspecified atom stereocenters. The van der Waals surface area contributed by atoms with Crippen molar-refractivity contribution in [3.8, 4) is 0 Å². The number of rotatable bonds is 2. The SMILES string of the molecule is Cn1ccnc1C1(O)CC2CCC(C1)N2C(=O)Nc1ccccc1C(F)(F)F. The van der Waals surface area contributed by atoms with Gasteiger partial charge in [-0.3, -0.25) is 0 Å². The van der Waals surface area contributed by atoms with E-state index in [2.05, 4.69) is 10.3 Å². The predicted molar refractivity (Wildman–Crippen MR) is 95.5 cm³/mol. The maximum absolute atomic E-state index is 13.2. The number of amides is 2. The zero-order valence-corrected chi connectivity index (χ0v) is 15.3. The van der Waals surface area contributed by atoms with E-state index in [1.165, 1.54) is 18.2 Å². The van der Waals surface area contributed by atoms with E-state index in [0.717, 1.165) is 6.07 Å². The van der Waals surface area contributed by atoms with Gasteiger partial charge in [-0.05, 0) is 25.0 Å². The Morgan fingerprint density at radius 2 is 1.89 bits per heavy atom. The summed E-state index contributed by atoms with van der Waals surface area (Å²) in [4.78, 5) is 18.7. The van der Waals surface area contributed by atoms with Gasteiger partial charge in [0.05, 0.1) is 11.3 Å². The van der Waals surface area contributed by atoms with Gasteiger partial charge in [0.25, 0.3) is 0 Å². The van der Waals surface area contributed by atoms with Crippen LogP contribution in [-0.2, 0) is 18.8 Å². The third-order valence-corrected chi connectivity index (χ3v) is 5.71. The van der Waals surface area contributed by atoms with Gasteiger partial charge < -0.3 is 19.9 Å². The van der Waals surface area contributed by atoms with Crippen molar-refractivity contribution >= 4 is 11.7 Å². The number of carbonyl (C=O) groups excluding carboxylic acids is 1. The number of urea groups is 1. The Balaban J connectivity index is 1.55. The summed E-state index contributed by atoms with van der Waals surface area (Å²) in [5.74, 6) is 0.548. The Kier molecular flexibility index (Phi) is 4.37. The van der Waals surface area contributed by atoms with Crippen LogP contribution >= 0.6 is 0 Å². The Labute approximate surface area is 160 Å². The van der Waals surface area contributed by atoms with Crippen LogP contribution in [0.5, 0.6) is 0 Å². The van der Waals surface area contributed by atoms with E-state index in [9.17, 15) is 23.1 Å². The van der Waals surface area contributed by atoms with Crippen LogP contribution in [0.2, 0.25) is 0 Å². The van der Waals surface area contributed by atoms with Crippen molar-refractivity contribution in [1.82, 2.24) is 14.5 Å². The van der Waals surface area contributed by atoms with E-state index in [4.69, 9.17) is 0 Å². The van der Waals surface area contributed by atoms with Crippen LogP contribution in [0.15, 0.2) is 36.7 Å². The van der Waals surface area contributed by atoms with Crippen LogP contribution in [-0.4, -0.2) is 37.7 Å². The summed E-state index contributed by atoms with van der Waals surface area (Å²) in [6, 6.07) is 3.87. The second-order valence-electron chi connectivity index (χ2n) is 7.57. The zero-order chi connectivity index (χ0) is 20.1. The first kappa shape index (κ1) is 18.8. The number of alkyl halides is 3. The van der Waals surface area contributed by atoms with Crippen LogP contribution in [0.25, 0.3) is 0 Å². The lowest BCUT2D eigenvalue weighted by atomic mass is 9.85. The van der Waals surface area contributed by atoms with Crippen molar-refractivity contribution in [2.75, 3.05) is 5.32 Å². The number of aryl methyl sites for hydroxylation is 1. The highest BCUT2D eigenvalue weighted by atomic mass is 19.4. The van der Waals surface area contributed by atoms with Crippen LogP contribution in [0.1, 0.15) is 37.1 Å². The molecule has 2 amide bonds. The minimum Gasteiger partial charge on any atom is -0.382 e. The number of halogens is 3. The Morgan fingerprint density at radius 1 is 1.25 bits per heavy atom. The minimum absolute atomic E-state index is 0.251. The number of fused-ring (bicyclic) bond motifs is 2. The van der Waals surface area contributed by atoms with Gasteiger partial charge in [-0.25, -0.2) is 9.78 Å². The second-order valence-corrected chi connectivity index (χ2v) is 7.57. The molecular weight excluding hydrogens is 373 g/mol. The molecule has 0 spiro atoms. The molecule has 0 saturated carbocycles. The molecule has 150 valence electrons. The number of benzene rings is 1. The molecule has 2 aliphatic heterocycles. The lowest BCUT2D eigenvalue weighted by molar-refractivity contribution is -0.136. The van der Waals surface area contributed by atoms with Gasteiger partial charge >= 0.3 is 12.2 Å². The number of nitrogens with zero attached hydrogens (tertiary/aromatic N) is 3. The van der Waals surface area contributed by atoms with Crippen LogP contribution < -0.4 is 5.32 Å². The molecule has 6 nitrogen and oxygen atoms in total. The number of aromatic nitrogens is 2. The highest BCUT2D eigenvalue weighted by Crippen LogP contribution is 2.45. The summed E-state index contributed by atoms with van der Waals surface area (Å²) >= 11 is 0. The predicted octanol–water partition coefficient (Wildman–Crippen LogP) is 3.49. The maximum Gasteiger partial charge on any atom is 0.418 e. The molecule has 9 heteroatoms. The number of imidazole rings is 1. The van der Waals surface area contributed by atoms with Crippen LogP contribution in [0, 0.1) is 0 Å². The highest BCUT2D eigenvalue weighted by Gasteiger charge is 2.51. The molecule has 28 heavy (non-hydrogen) atoms. The molecule has 0 radical (unpaired) electrons. The topological polar surface area (TPSA) is 70.4 Å². The normalized spacial score (nSPS) is 27.1. The maximum atomic E-state index is 13.2. The molecule has 0 aliphatic carbocycles. The van der Waals surface area contributed by atoms with Crippen molar-refractivity contribution in [3.05, 3.63) is 48.0 Å². The summed E-state index contributed by atoms with van der Waals surface area (Å²) < 4.78 is 41.3. The van der Waals surface area contributed by atoms with Crippen LogP contribution in [0.4, 0.5) is 23.7 Å². The fourth-order valence-electron chi connectivity index (χ4n) is 4.57. The molecule has 1 aromatic carbocycles. The van der Waals surface area contributed by atoms with E-state index in [-0.39, 0.29) is 17.8 Å². The Bertz CT molecular complexity index is 881. The minimum atomic E-state index is -4.55. The molecule has 2 aromatic rings. The molecule has 2 atom stereocenters. The van der Waals surface area contributed by atoms with Gasteiger partial charge in [0.1, 0.15) is 11.4 Å². The van der Waals surface area contributed by atoms with Crippen molar-refractivity contribution in [2.45, 2.75) is 49.5 Å². The molecule has 2 saturated heterocycles. The fourth-order valence-corrected chi connectivity index (χ4v) is 4.57. The van der Waals surface area contributed by atoms with Crippen molar-refractivity contribution in [1.29, 1.82) is 0 Å². The Morgan fingerprint density at radius 3 is 2.46 bits per heavy atom. The smallest absolute Gasteiger partial charge is 0.382 e. The molecule has 3 heterocycles. The van der Waals surface area contributed by atoms with Crippen molar-refractivity contribution < 1.29 is 23.1 Å².